The van der Waals surface area contributed by atoms with Crippen LogP contribution in [-0.4, -0.2) is 23.6 Å². The number of halogens is 3. The van der Waals surface area contributed by atoms with Gasteiger partial charge < -0.3 is 11.1 Å². The van der Waals surface area contributed by atoms with Crippen LogP contribution in [0.25, 0.3) is 0 Å². The molecule has 0 aromatic carbocycles. The molecule has 0 radical (unpaired) electrons. The maximum Gasteiger partial charge on any atom is 0.389 e. The van der Waals surface area contributed by atoms with Gasteiger partial charge in [-0.15, -0.1) is 0 Å². The Bertz CT molecular complexity index is 407. The van der Waals surface area contributed by atoms with Crippen molar-refractivity contribution in [1.29, 1.82) is 0 Å². The summed E-state index contributed by atoms with van der Waals surface area (Å²) in [4.78, 5) is 14.9. The van der Waals surface area contributed by atoms with Crippen LogP contribution in [0.15, 0.2) is 18.3 Å². The lowest BCUT2D eigenvalue weighted by atomic mass is 10.2. The van der Waals surface area contributed by atoms with Gasteiger partial charge in [-0.25, -0.2) is 4.98 Å². The van der Waals surface area contributed by atoms with Crippen LogP contribution in [0.4, 0.5) is 19.0 Å². The number of carbonyl (C=O) groups excluding carboxylic acids is 1. The number of primary amides is 1. The molecule has 0 spiro atoms. The molecule has 18 heavy (non-hydrogen) atoms. The second-order valence-corrected chi connectivity index (χ2v) is 3.76. The van der Waals surface area contributed by atoms with Gasteiger partial charge >= 0.3 is 6.18 Å². The molecule has 100 valence electrons. The van der Waals surface area contributed by atoms with Gasteiger partial charge in [-0.2, -0.15) is 13.2 Å². The van der Waals surface area contributed by atoms with Crippen molar-refractivity contribution < 1.29 is 18.0 Å². The van der Waals surface area contributed by atoms with Crippen molar-refractivity contribution in [1.82, 2.24) is 4.98 Å². The smallest absolute Gasteiger partial charge is 0.369 e. The van der Waals surface area contributed by atoms with E-state index in [1.54, 1.807) is 6.07 Å². The lowest BCUT2D eigenvalue weighted by Gasteiger charge is -2.09. The molecule has 0 bridgehead atoms. The van der Waals surface area contributed by atoms with Crippen molar-refractivity contribution in [3.8, 4) is 0 Å². The third kappa shape index (κ3) is 5.03. The molecule has 1 aromatic heterocycles. The predicted octanol–water partition coefficient (Wildman–Crippen LogP) is 2.33. The van der Waals surface area contributed by atoms with E-state index in [1.807, 2.05) is 0 Å². The number of carbonyl (C=O) groups is 1. The number of nitrogens with two attached hydrogens (primary N) is 1. The van der Waals surface area contributed by atoms with E-state index in [2.05, 4.69) is 10.3 Å². The van der Waals surface area contributed by atoms with Crippen molar-refractivity contribution in [3.05, 3.63) is 23.9 Å². The van der Waals surface area contributed by atoms with E-state index in [4.69, 9.17) is 5.73 Å². The molecule has 3 N–H and O–H groups in total. The molecule has 0 aliphatic heterocycles. The van der Waals surface area contributed by atoms with Crippen molar-refractivity contribution in [2.75, 3.05) is 11.9 Å². The van der Waals surface area contributed by atoms with Crippen molar-refractivity contribution in [2.45, 2.75) is 25.4 Å². The summed E-state index contributed by atoms with van der Waals surface area (Å²) >= 11 is 0. The van der Waals surface area contributed by atoms with E-state index < -0.39 is 18.5 Å². The summed E-state index contributed by atoms with van der Waals surface area (Å²) in [6.07, 6.45) is -3.07. The maximum atomic E-state index is 11.9. The quantitative estimate of drug-likeness (QED) is 0.772. The second-order valence-electron chi connectivity index (χ2n) is 3.76. The Morgan fingerprint density at radius 1 is 1.39 bits per heavy atom. The van der Waals surface area contributed by atoms with Crippen LogP contribution < -0.4 is 11.1 Å². The Kier molecular flexibility index (Phi) is 4.94. The number of pyridine rings is 1. The van der Waals surface area contributed by atoms with E-state index >= 15 is 0 Å². The molecule has 0 unspecified atom stereocenters. The van der Waals surface area contributed by atoms with Crippen molar-refractivity contribution in [3.63, 3.8) is 0 Å². The highest BCUT2D eigenvalue weighted by molar-refractivity contribution is 5.97. The number of amides is 1. The Morgan fingerprint density at radius 3 is 2.72 bits per heavy atom. The molecular formula is C11H14F3N3O. The first-order chi connectivity index (χ1) is 8.40. The van der Waals surface area contributed by atoms with Gasteiger partial charge in [0.05, 0.1) is 5.56 Å². The number of hydrogen-bond acceptors (Lipinski definition) is 3. The Balaban J connectivity index is 2.38. The molecule has 0 fully saturated rings. The largest absolute Gasteiger partial charge is 0.389 e. The van der Waals surface area contributed by atoms with Crippen LogP contribution in [0, 0.1) is 0 Å². The number of alkyl halides is 3. The number of nitrogens with one attached hydrogen (secondary N) is 1. The third-order valence-corrected chi connectivity index (χ3v) is 2.25. The summed E-state index contributed by atoms with van der Waals surface area (Å²) < 4.78 is 35.6. The highest BCUT2D eigenvalue weighted by atomic mass is 19.4. The maximum absolute atomic E-state index is 11.9. The third-order valence-electron chi connectivity index (χ3n) is 2.25. The fraction of sp³-hybridized carbons (Fsp3) is 0.455. The number of unbranched alkanes of at least 4 members (excludes halogenated alkanes) is 1. The zero-order chi connectivity index (χ0) is 13.6. The minimum Gasteiger partial charge on any atom is -0.369 e. The molecule has 1 amide bonds. The summed E-state index contributed by atoms with van der Waals surface area (Å²) in [7, 11) is 0. The fourth-order valence-electron chi connectivity index (χ4n) is 1.40. The van der Waals surface area contributed by atoms with Gasteiger partial charge in [0.1, 0.15) is 5.82 Å². The van der Waals surface area contributed by atoms with Gasteiger partial charge in [0, 0.05) is 19.2 Å². The van der Waals surface area contributed by atoms with Gasteiger partial charge in [0.25, 0.3) is 5.91 Å². The number of nitrogens with zero attached hydrogens (tertiary/aromatic N) is 1. The van der Waals surface area contributed by atoms with E-state index in [9.17, 15) is 18.0 Å². The first-order valence-corrected chi connectivity index (χ1v) is 5.45. The monoisotopic (exact) mass is 261 g/mol. The van der Waals surface area contributed by atoms with Crippen LogP contribution in [0.5, 0.6) is 0 Å². The minimum absolute atomic E-state index is 0.0369. The van der Waals surface area contributed by atoms with E-state index in [-0.39, 0.29) is 12.0 Å². The van der Waals surface area contributed by atoms with Crippen LogP contribution in [0.2, 0.25) is 0 Å². The topological polar surface area (TPSA) is 68.0 Å². The Labute approximate surface area is 102 Å². The van der Waals surface area contributed by atoms with Gasteiger partial charge in [0.15, 0.2) is 0 Å². The minimum atomic E-state index is -4.12. The molecular weight excluding hydrogens is 247 g/mol. The van der Waals surface area contributed by atoms with Crippen LogP contribution in [-0.2, 0) is 0 Å². The number of hydrogen-bond donors (Lipinski definition) is 2. The normalized spacial score (nSPS) is 11.3. The van der Waals surface area contributed by atoms with Crippen molar-refractivity contribution in [2.24, 2.45) is 5.73 Å². The molecule has 1 heterocycles. The van der Waals surface area contributed by atoms with Crippen LogP contribution in [0.1, 0.15) is 29.6 Å². The molecule has 1 aromatic rings. The fourth-order valence-corrected chi connectivity index (χ4v) is 1.40. The van der Waals surface area contributed by atoms with Crippen LogP contribution in [0.3, 0.4) is 0 Å². The Hall–Kier alpha value is -1.79. The molecule has 0 atom stereocenters. The molecule has 1 rings (SSSR count). The first kappa shape index (κ1) is 14.3. The first-order valence-electron chi connectivity index (χ1n) is 5.45. The average Bonchev–Trinajstić information content (AvgIpc) is 2.27. The van der Waals surface area contributed by atoms with Crippen LogP contribution >= 0.6 is 0 Å². The molecule has 0 saturated carbocycles. The Morgan fingerprint density at radius 2 is 2.11 bits per heavy atom. The molecule has 7 heteroatoms. The van der Waals surface area contributed by atoms with Gasteiger partial charge in [-0.3, -0.25) is 4.79 Å². The summed E-state index contributed by atoms with van der Waals surface area (Å²) in [5.74, 6) is -0.321. The number of anilines is 1. The van der Waals surface area contributed by atoms with Gasteiger partial charge in [0.2, 0.25) is 0 Å². The molecule has 0 saturated heterocycles. The zero-order valence-electron chi connectivity index (χ0n) is 9.63. The van der Waals surface area contributed by atoms with E-state index in [0.29, 0.717) is 18.8 Å². The lowest BCUT2D eigenvalue weighted by Crippen LogP contribution is -2.16. The summed E-state index contributed by atoms with van der Waals surface area (Å²) in [5, 5.41) is 2.80. The predicted molar refractivity (Wildman–Crippen MR) is 61.2 cm³/mol. The van der Waals surface area contributed by atoms with Gasteiger partial charge in [-0.1, -0.05) is 0 Å². The zero-order valence-corrected chi connectivity index (χ0v) is 9.63. The highest BCUT2D eigenvalue weighted by Crippen LogP contribution is 2.22. The number of rotatable bonds is 6. The van der Waals surface area contributed by atoms with E-state index in [1.165, 1.54) is 12.3 Å². The summed E-state index contributed by atoms with van der Waals surface area (Å²) in [6, 6.07) is 3.07. The average molecular weight is 261 g/mol. The second kappa shape index (κ2) is 6.23. The van der Waals surface area contributed by atoms with Crippen molar-refractivity contribution >= 4 is 11.7 Å². The SMILES string of the molecule is NC(=O)c1cccnc1NCCCCC(F)(F)F. The standard InChI is InChI=1S/C11H14F3N3O/c12-11(13,14)5-1-2-6-16-10-8(9(15)18)4-3-7-17-10/h3-4,7H,1-2,5-6H2,(H2,15,18)(H,16,17). The summed E-state index contributed by atoms with van der Waals surface area (Å²) in [5.41, 5.74) is 5.36. The lowest BCUT2D eigenvalue weighted by molar-refractivity contribution is -0.135. The molecule has 0 aliphatic carbocycles. The van der Waals surface area contributed by atoms with Gasteiger partial charge in [-0.05, 0) is 25.0 Å². The molecule has 4 nitrogen and oxygen atoms in total. The highest BCUT2D eigenvalue weighted by Gasteiger charge is 2.25. The molecule has 0 aliphatic rings. The number of aromatic nitrogens is 1. The van der Waals surface area contributed by atoms with E-state index in [0.717, 1.165) is 0 Å². The summed E-state index contributed by atoms with van der Waals surface area (Å²) in [6.45, 7) is 0.313.